The largest absolute Gasteiger partial charge is 0.497 e. The van der Waals surface area contributed by atoms with Crippen molar-refractivity contribution in [2.24, 2.45) is 0 Å². The minimum absolute atomic E-state index is 0.0135. The van der Waals surface area contributed by atoms with E-state index in [1.807, 2.05) is 0 Å². The predicted molar refractivity (Wildman–Crippen MR) is 107 cm³/mol. The molecule has 0 fully saturated rings. The predicted octanol–water partition coefficient (Wildman–Crippen LogP) is 7.49. The highest BCUT2D eigenvalue weighted by atomic mass is 32.3. The lowest BCUT2D eigenvalue weighted by atomic mass is 9.91. The summed E-state index contributed by atoms with van der Waals surface area (Å²) in [4.78, 5) is 0. The van der Waals surface area contributed by atoms with Gasteiger partial charge in [-0.2, -0.15) is 83.1 Å². The van der Waals surface area contributed by atoms with Gasteiger partial charge in [0.2, 0.25) is 0 Å². The van der Waals surface area contributed by atoms with Crippen LogP contribution in [0.2, 0.25) is 0 Å². The summed E-state index contributed by atoms with van der Waals surface area (Å²) < 4.78 is 260. The first-order valence-corrected chi connectivity index (χ1v) is 13.7. The molecule has 1 rings (SSSR count). The van der Waals surface area contributed by atoms with Crippen molar-refractivity contribution in [2.75, 3.05) is 19.6 Å². The van der Waals surface area contributed by atoms with Gasteiger partial charge in [-0.1, -0.05) is 12.1 Å². The molecule has 0 bridgehead atoms. The molecule has 0 radical (unpaired) electrons. The van der Waals surface area contributed by atoms with Gasteiger partial charge in [0.15, 0.2) is 0 Å². The zero-order chi connectivity index (χ0) is 33.1. The van der Waals surface area contributed by atoms with Crippen LogP contribution in [0.4, 0.5) is 74.6 Å². The van der Waals surface area contributed by atoms with Gasteiger partial charge in [0.1, 0.15) is 5.75 Å². The first-order chi connectivity index (χ1) is 17.7. The highest BCUT2D eigenvalue weighted by molar-refractivity contribution is 8.31. The topological polar surface area (TPSA) is 52.6 Å². The van der Waals surface area contributed by atoms with E-state index in [9.17, 15) is 83.1 Å². The van der Waals surface area contributed by atoms with Gasteiger partial charge in [-0.3, -0.25) is 0 Å². The molecule has 1 aromatic rings. The van der Waals surface area contributed by atoms with Gasteiger partial charge in [-0.15, -0.1) is 10.3 Å². The molecule has 0 aliphatic heterocycles. The van der Waals surface area contributed by atoms with Crippen molar-refractivity contribution in [3.8, 4) is 5.75 Å². The van der Waals surface area contributed by atoms with Crippen LogP contribution >= 0.6 is 10.3 Å². The molecule has 0 heterocycles. The van der Waals surface area contributed by atoms with E-state index in [0.717, 1.165) is 12.1 Å². The van der Waals surface area contributed by atoms with Crippen LogP contribution in [0.5, 0.6) is 5.75 Å². The Labute approximate surface area is 220 Å². The lowest BCUT2D eigenvalue weighted by Crippen LogP contribution is -2.75. The lowest BCUT2D eigenvalue weighted by Gasteiger charge is -2.42. The van der Waals surface area contributed by atoms with Gasteiger partial charge in [-0.25, -0.2) is 3.63 Å². The van der Waals surface area contributed by atoms with E-state index >= 15 is 0 Å². The third kappa shape index (κ3) is 5.73. The Kier molecular flexibility index (Phi) is 9.39. The molecule has 23 heteroatoms. The fraction of sp³-hybridized carbons (Fsp3) is 0.667. The number of hydrogen-bond acceptors (Lipinski definition) is 4. The summed E-state index contributed by atoms with van der Waals surface area (Å²) in [5, 5.41) is -7.71. The Balaban J connectivity index is 3.58. The molecule has 1 aromatic carbocycles. The van der Waals surface area contributed by atoms with Gasteiger partial charge in [-0.05, 0) is 30.2 Å². The zero-order valence-corrected chi connectivity index (χ0v) is 21.5. The maximum absolute atomic E-state index is 14.2. The number of hydrogen-bond donors (Lipinski definition) is 0. The minimum Gasteiger partial charge on any atom is -0.497 e. The number of benzene rings is 1. The maximum Gasteiger partial charge on any atom is 0.460 e. The van der Waals surface area contributed by atoms with Gasteiger partial charge >= 0.3 is 57.1 Å². The Morgan fingerprint density at radius 1 is 0.585 bits per heavy atom. The molecule has 0 aliphatic rings. The Morgan fingerprint density at radius 3 is 1.27 bits per heavy atom. The molecule has 0 saturated heterocycles. The molecule has 0 atom stereocenters. The quantitative estimate of drug-likeness (QED) is 0.215. The smallest absolute Gasteiger partial charge is 0.460 e. The van der Waals surface area contributed by atoms with Crippen LogP contribution in [-0.2, 0) is 19.5 Å². The molecule has 0 aliphatic carbocycles. The minimum atomic E-state index is -8.90. The second-order valence-corrected chi connectivity index (χ2v) is 13.5. The SMILES string of the molecule is COc1ccc(CS(C)(C)OS(=O)(=O)C(F)(F)C(F)(F)C(F)(F)C(F)(F)C(F)(F)C(F)(F)C(F)(F)C(F)(F)F)cc1. The zero-order valence-electron chi connectivity index (χ0n) is 19.9. The average molecular weight is 682 g/mol. The number of rotatable bonds is 12. The van der Waals surface area contributed by atoms with Gasteiger partial charge in [0.05, 0.1) is 7.11 Å². The molecule has 0 aromatic heterocycles. The standard InChI is InChI=1S/C18H15F17O4S2/c1-38-10-6-4-9(5-7-10)8-40(2,3)39-41(36,37)18(34,35)16(29,30)14(25,26)12(21,22)11(19,20)13(23,24)15(27,28)17(31,32)33/h4-7H,8H2,1-3H3. The molecule has 0 spiro atoms. The number of alkyl halides is 17. The highest BCUT2D eigenvalue weighted by Crippen LogP contribution is 2.65. The summed E-state index contributed by atoms with van der Waals surface area (Å²) in [6.07, 6.45) is -6.67. The highest BCUT2D eigenvalue weighted by Gasteiger charge is 2.96. The Morgan fingerprint density at radius 2 is 0.927 bits per heavy atom. The summed E-state index contributed by atoms with van der Waals surface area (Å²) in [6, 6.07) is 4.65. The van der Waals surface area contributed by atoms with Crippen molar-refractivity contribution in [1.82, 2.24) is 0 Å². The Hall–Kier alpha value is -1.91. The van der Waals surface area contributed by atoms with Crippen LogP contribution in [0, 0.1) is 0 Å². The summed E-state index contributed by atoms with van der Waals surface area (Å²) in [5.74, 6) is -52.5. The van der Waals surface area contributed by atoms with Crippen LogP contribution in [0.25, 0.3) is 0 Å². The molecule has 0 amide bonds. The second kappa shape index (κ2) is 10.4. The molecule has 0 N–H and O–H groups in total. The van der Waals surface area contributed by atoms with E-state index in [4.69, 9.17) is 4.74 Å². The van der Waals surface area contributed by atoms with Gasteiger partial charge in [0.25, 0.3) is 0 Å². The van der Waals surface area contributed by atoms with Gasteiger partial charge in [0, 0.05) is 5.75 Å². The fourth-order valence-electron chi connectivity index (χ4n) is 2.74. The average Bonchev–Trinajstić information content (AvgIpc) is 2.76. The van der Waals surface area contributed by atoms with Crippen molar-refractivity contribution >= 4 is 20.4 Å². The van der Waals surface area contributed by atoms with Crippen LogP contribution in [0.15, 0.2) is 24.3 Å². The molecule has 0 unspecified atom stereocenters. The monoisotopic (exact) mass is 682 g/mol. The molecule has 242 valence electrons. The fourth-order valence-corrected chi connectivity index (χ4v) is 6.65. The van der Waals surface area contributed by atoms with E-state index < -0.39 is 73.1 Å². The van der Waals surface area contributed by atoms with Crippen molar-refractivity contribution in [2.45, 2.75) is 52.7 Å². The second-order valence-electron chi connectivity index (χ2n) is 8.41. The van der Waals surface area contributed by atoms with Crippen LogP contribution in [0.1, 0.15) is 5.56 Å². The maximum atomic E-state index is 14.2. The summed E-state index contributed by atoms with van der Waals surface area (Å²) in [6.45, 7) is 0. The summed E-state index contributed by atoms with van der Waals surface area (Å²) in [5.41, 5.74) is -0.0135. The summed E-state index contributed by atoms with van der Waals surface area (Å²) >= 11 is 0. The van der Waals surface area contributed by atoms with Crippen LogP contribution in [-0.4, -0.2) is 75.0 Å². The normalized spacial score (nSPS) is 16.1. The van der Waals surface area contributed by atoms with Crippen LogP contribution < -0.4 is 4.74 Å². The molecule has 41 heavy (non-hydrogen) atoms. The molecule has 4 nitrogen and oxygen atoms in total. The third-order valence-electron chi connectivity index (χ3n) is 4.95. The number of halogens is 17. The van der Waals surface area contributed by atoms with E-state index in [0.29, 0.717) is 12.5 Å². The third-order valence-corrected chi connectivity index (χ3v) is 9.06. The van der Waals surface area contributed by atoms with Crippen LogP contribution in [0.3, 0.4) is 0 Å². The number of ether oxygens (including phenoxy) is 1. The van der Waals surface area contributed by atoms with E-state index in [1.54, 1.807) is 0 Å². The first-order valence-electron chi connectivity index (χ1n) is 9.73. The van der Waals surface area contributed by atoms with E-state index in [2.05, 4.69) is 3.63 Å². The van der Waals surface area contributed by atoms with Crippen molar-refractivity contribution < 1.29 is 91.4 Å². The summed E-state index contributed by atoms with van der Waals surface area (Å²) in [7, 11) is -10.1. The lowest BCUT2D eigenvalue weighted by molar-refractivity contribution is -0.458. The van der Waals surface area contributed by atoms with Crippen molar-refractivity contribution in [3.05, 3.63) is 29.8 Å². The molecular formula is C18H15F17O4S2. The van der Waals surface area contributed by atoms with E-state index in [-0.39, 0.29) is 11.3 Å². The first kappa shape index (κ1) is 37.1. The Bertz CT molecular complexity index is 1190. The molecular weight excluding hydrogens is 667 g/mol. The number of methoxy groups -OCH3 is 1. The van der Waals surface area contributed by atoms with Gasteiger partial charge < -0.3 is 4.74 Å². The molecule has 0 saturated carbocycles. The van der Waals surface area contributed by atoms with Crippen molar-refractivity contribution in [3.63, 3.8) is 0 Å². The van der Waals surface area contributed by atoms with E-state index in [1.165, 1.54) is 19.2 Å². The van der Waals surface area contributed by atoms with Crippen molar-refractivity contribution in [1.29, 1.82) is 0 Å².